The first-order valence-electron chi connectivity index (χ1n) is 9.10. The van der Waals surface area contributed by atoms with Crippen LogP contribution in [0.5, 0.6) is 0 Å². The summed E-state index contributed by atoms with van der Waals surface area (Å²) in [5.41, 5.74) is 0. The van der Waals surface area contributed by atoms with Crippen molar-refractivity contribution in [3.63, 3.8) is 0 Å². The second kappa shape index (κ2) is 10.1. The molecule has 0 aromatic rings. The van der Waals surface area contributed by atoms with Crippen molar-refractivity contribution in [2.45, 2.75) is 64.0 Å². The van der Waals surface area contributed by atoms with Crippen LogP contribution in [-0.4, -0.2) is 62.8 Å². The number of aliphatic imine (C=N–C) groups is 1. The Bertz CT molecular complexity index is 329. The Morgan fingerprint density at radius 2 is 2.05 bits per heavy atom. The summed E-state index contributed by atoms with van der Waals surface area (Å²) >= 11 is 0. The topological polar surface area (TPSA) is 48.9 Å². The van der Waals surface area contributed by atoms with Gasteiger partial charge in [-0.25, -0.2) is 0 Å². The van der Waals surface area contributed by atoms with Crippen molar-refractivity contribution in [3.05, 3.63) is 0 Å². The zero-order valence-electron chi connectivity index (χ0n) is 14.4. The molecule has 0 radical (unpaired) electrons. The van der Waals surface area contributed by atoms with E-state index in [9.17, 15) is 0 Å². The van der Waals surface area contributed by atoms with Gasteiger partial charge in [0.1, 0.15) is 0 Å². The van der Waals surface area contributed by atoms with Gasteiger partial charge in [-0.15, -0.1) is 0 Å². The molecule has 2 saturated heterocycles. The van der Waals surface area contributed by atoms with Gasteiger partial charge in [0, 0.05) is 39.3 Å². The fourth-order valence-electron chi connectivity index (χ4n) is 3.42. The van der Waals surface area contributed by atoms with Gasteiger partial charge >= 0.3 is 0 Å². The van der Waals surface area contributed by atoms with Crippen molar-refractivity contribution in [1.82, 2.24) is 15.5 Å². The molecule has 2 rings (SSSR count). The maximum Gasteiger partial charge on any atom is 0.190 e. The fourth-order valence-corrected chi connectivity index (χ4v) is 3.42. The van der Waals surface area contributed by atoms with E-state index in [1.54, 1.807) is 0 Å². The molecule has 0 spiro atoms. The molecule has 0 aromatic carbocycles. The Morgan fingerprint density at radius 3 is 2.77 bits per heavy atom. The standard InChI is InChI=1S/C17H34N4O/c1-15-7-3-4-12-21(15)13-6-10-19-17(18-2)20-11-9-16-8-5-14-22-16/h15-16H,3-14H2,1-2H3,(H2,18,19,20). The fraction of sp³-hybridized carbons (Fsp3) is 0.941. The van der Waals surface area contributed by atoms with E-state index in [-0.39, 0.29) is 0 Å². The van der Waals surface area contributed by atoms with Gasteiger partial charge in [-0.2, -0.15) is 0 Å². The molecule has 5 heteroatoms. The first-order valence-corrected chi connectivity index (χ1v) is 9.10. The molecule has 2 N–H and O–H groups in total. The lowest BCUT2D eigenvalue weighted by atomic mass is 10.0. The molecular formula is C17H34N4O. The van der Waals surface area contributed by atoms with Crippen LogP contribution in [0.25, 0.3) is 0 Å². The molecule has 2 aliphatic heterocycles. The zero-order chi connectivity index (χ0) is 15.6. The van der Waals surface area contributed by atoms with Crippen LogP contribution in [0.1, 0.15) is 51.9 Å². The molecule has 22 heavy (non-hydrogen) atoms. The van der Waals surface area contributed by atoms with E-state index in [0.717, 1.165) is 38.1 Å². The Morgan fingerprint density at radius 1 is 1.18 bits per heavy atom. The van der Waals surface area contributed by atoms with E-state index < -0.39 is 0 Å². The number of rotatable bonds is 7. The summed E-state index contributed by atoms with van der Waals surface area (Å²) in [4.78, 5) is 6.92. The first kappa shape index (κ1) is 17.5. The van der Waals surface area contributed by atoms with E-state index in [0.29, 0.717) is 6.10 Å². The molecule has 2 fully saturated rings. The minimum Gasteiger partial charge on any atom is -0.378 e. The van der Waals surface area contributed by atoms with Crippen LogP contribution >= 0.6 is 0 Å². The average molecular weight is 310 g/mol. The summed E-state index contributed by atoms with van der Waals surface area (Å²) < 4.78 is 5.64. The van der Waals surface area contributed by atoms with Crippen LogP contribution in [0, 0.1) is 0 Å². The highest BCUT2D eigenvalue weighted by molar-refractivity contribution is 5.79. The predicted molar refractivity (Wildman–Crippen MR) is 92.5 cm³/mol. The molecule has 0 saturated carbocycles. The second-order valence-corrected chi connectivity index (χ2v) is 6.58. The lowest BCUT2D eigenvalue weighted by Crippen LogP contribution is -2.41. The quantitative estimate of drug-likeness (QED) is 0.429. The van der Waals surface area contributed by atoms with Gasteiger partial charge in [-0.05, 0) is 52.0 Å². The van der Waals surface area contributed by atoms with Crippen LogP contribution in [0.15, 0.2) is 4.99 Å². The van der Waals surface area contributed by atoms with Crippen LogP contribution < -0.4 is 10.6 Å². The van der Waals surface area contributed by atoms with E-state index in [2.05, 4.69) is 27.4 Å². The van der Waals surface area contributed by atoms with E-state index in [1.165, 1.54) is 51.6 Å². The molecule has 0 aliphatic carbocycles. The third-order valence-corrected chi connectivity index (χ3v) is 4.86. The van der Waals surface area contributed by atoms with Gasteiger partial charge in [0.2, 0.25) is 0 Å². The van der Waals surface area contributed by atoms with E-state index in [4.69, 9.17) is 4.74 Å². The molecule has 5 nitrogen and oxygen atoms in total. The SMILES string of the molecule is CN=C(NCCCN1CCCCC1C)NCCC1CCCO1. The molecule has 128 valence electrons. The minimum absolute atomic E-state index is 0.450. The predicted octanol–water partition coefficient (Wildman–Crippen LogP) is 1.99. The summed E-state index contributed by atoms with van der Waals surface area (Å²) in [6, 6.07) is 0.762. The normalized spacial score (nSPS) is 27.1. The summed E-state index contributed by atoms with van der Waals surface area (Å²) in [7, 11) is 1.84. The maximum absolute atomic E-state index is 5.64. The molecule has 0 amide bonds. The molecule has 0 bridgehead atoms. The lowest BCUT2D eigenvalue weighted by Gasteiger charge is -2.33. The monoisotopic (exact) mass is 310 g/mol. The highest BCUT2D eigenvalue weighted by atomic mass is 16.5. The van der Waals surface area contributed by atoms with Crippen molar-refractivity contribution < 1.29 is 4.74 Å². The molecule has 2 aliphatic rings. The average Bonchev–Trinajstić information content (AvgIpc) is 3.04. The van der Waals surface area contributed by atoms with Crippen LogP contribution in [0.2, 0.25) is 0 Å². The van der Waals surface area contributed by atoms with Crippen molar-refractivity contribution in [2.75, 3.05) is 39.8 Å². The van der Waals surface area contributed by atoms with E-state index >= 15 is 0 Å². The highest BCUT2D eigenvalue weighted by Crippen LogP contribution is 2.16. The second-order valence-electron chi connectivity index (χ2n) is 6.58. The van der Waals surface area contributed by atoms with Gasteiger partial charge in [0.05, 0.1) is 6.10 Å². The number of guanidine groups is 1. The number of piperidine rings is 1. The van der Waals surface area contributed by atoms with Gasteiger partial charge < -0.3 is 20.3 Å². The van der Waals surface area contributed by atoms with Gasteiger partial charge in [-0.1, -0.05) is 6.42 Å². The number of nitrogens with one attached hydrogen (secondary N) is 2. The van der Waals surface area contributed by atoms with Crippen molar-refractivity contribution in [2.24, 2.45) is 4.99 Å². The summed E-state index contributed by atoms with van der Waals surface area (Å²) in [5.74, 6) is 0.921. The summed E-state index contributed by atoms with van der Waals surface area (Å²) in [6.45, 7) is 7.69. The number of likely N-dealkylation sites (tertiary alicyclic amines) is 1. The first-order chi connectivity index (χ1) is 10.8. The Kier molecular flexibility index (Phi) is 8.02. The van der Waals surface area contributed by atoms with Crippen LogP contribution in [0.4, 0.5) is 0 Å². The molecule has 2 atom stereocenters. The Hall–Kier alpha value is -0.810. The molecule has 2 unspecified atom stereocenters. The van der Waals surface area contributed by atoms with Crippen molar-refractivity contribution in [3.8, 4) is 0 Å². The van der Waals surface area contributed by atoms with Gasteiger partial charge in [0.15, 0.2) is 5.96 Å². The summed E-state index contributed by atoms with van der Waals surface area (Å²) in [5, 5.41) is 6.81. The third kappa shape index (κ3) is 6.13. The molecule has 2 heterocycles. The van der Waals surface area contributed by atoms with Gasteiger partial charge in [0.25, 0.3) is 0 Å². The van der Waals surface area contributed by atoms with Crippen LogP contribution in [-0.2, 0) is 4.74 Å². The number of hydrogen-bond acceptors (Lipinski definition) is 3. The van der Waals surface area contributed by atoms with Crippen molar-refractivity contribution >= 4 is 5.96 Å². The largest absolute Gasteiger partial charge is 0.378 e. The van der Waals surface area contributed by atoms with Gasteiger partial charge in [-0.3, -0.25) is 4.99 Å². The Balaban J connectivity index is 1.52. The lowest BCUT2D eigenvalue weighted by molar-refractivity contribution is 0.105. The maximum atomic E-state index is 5.64. The number of nitrogens with zero attached hydrogens (tertiary/aromatic N) is 2. The smallest absolute Gasteiger partial charge is 0.190 e. The minimum atomic E-state index is 0.450. The van der Waals surface area contributed by atoms with Crippen molar-refractivity contribution in [1.29, 1.82) is 0 Å². The number of hydrogen-bond donors (Lipinski definition) is 2. The molecule has 0 aromatic heterocycles. The third-order valence-electron chi connectivity index (χ3n) is 4.86. The van der Waals surface area contributed by atoms with E-state index in [1.807, 2.05) is 7.05 Å². The van der Waals surface area contributed by atoms with Crippen LogP contribution in [0.3, 0.4) is 0 Å². The highest BCUT2D eigenvalue weighted by Gasteiger charge is 2.17. The number of ether oxygens (including phenoxy) is 1. The summed E-state index contributed by atoms with van der Waals surface area (Å²) in [6.07, 6.45) is 9.25. The zero-order valence-corrected chi connectivity index (χ0v) is 14.4. The molecular weight excluding hydrogens is 276 g/mol. The Labute approximate surface area is 135 Å².